The van der Waals surface area contributed by atoms with Gasteiger partial charge in [-0.15, -0.1) is 0 Å². The van der Waals surface area contributed by atoms with Crippen LogP contribution in [-0.2, 0) is 35.5 Å². The van der Waals surface area contributed by atoms with Crippen molar-refractivity contribution in [1.82, 2.24) is 0 Å². The summed E-state index contributed by atoms with van der Waals surface area (Å²) in [6.07, 6.45) is 0.603. The molecule has 208 valence electrons. The van der Waals surface area contributed by atoms with Crippen molar-refractivity contribution in [2.75, 3.05) is 30.0 Å². The number of hydrogen-bond acceptors (Lipinski definition) is 9. The summed E-state index contributed by atoms with van der Waals surface area (Å²) < 4.78 is 38.5. The van der Waals surface area contributed by atoms with Gasteiger partial charge in [-0.25, -0.2) is 18.0 Å². The Bertz CT molecular complexity index is 1740. The number of nitrogens with two attached hydrogens (primary N) is 1. The van der Waals surface area contributed by atoms with Gasteiger partial charge in [0.2, 0.25) is 0 Å². The molecule has 0 radical (unpaired) electrons. The topological polar surface area (TPSA) is 143 Å². The number of nitrogens with zero attached hydrogens (tertiary/aromatic N) is 3. The highest BCUT2D eigenvalue weighted by molar-refractivity contribution is 7.92. The number of carbonyl (C=O) groups is 2. The normalized spacial score (nSPS) is 16.8. The number of rotatable bonds is 6. The molecule has 2 aliphatic heterocycles. The summed E-state index contributed by atoms with van der Waals surface area (Å²) in [5.74, 6) is -2.86. The minimum Gasteiger partial charge on any atom is -0.466 e. The zero-order chi connectivity index (χ0) is 29.3. The highest BCUT2D eigenvalue weighted by Crippen LogP contribution is 2.43. The van der Waals surface area contributed by atoms with E-state index < -0.39 is 27.9 Å². The minimum absolute atomic E-state index is 0.00891. The molecule has 2 aliphatic rings. The fourth-order valence-corrected chi connectivity index (χ4v) is 6.74. The minimum atomic E-state index is -3.89. The van der Waals surface area contributed by atoms with Crippen molar-refractivity contribution < 1.29 is 27.5 Å². The van der Waals surface area contributed by atoms with E-state index in [9.17, 15) is 23.3 Å². The van der Waals surface area contributed by atoms with Crippen molar-refractivity contribution in [3.05, 3.63) is 113 Å². The summed E-state index contributed by atoms with van der Waals surface area (Å²) in [5, 5.41) is 10.2. The van der Waals surface area contributed by atoms with Crippen molar-refractivity contribution in [1.29, 1.82) is 5.26 Å². The fraction of sp³-hybridized carbons (Fsp3) is 0.167. The van der Waals surface area contributed by atoms with Crippen LogP contribution in [0.1, 0.15) is 17.0 Å². The molecule has 0 spiro atoms. The maximum atomic E-state index is 13.5. The van der Waals surface area contributed by atoms with Gasteiger partial charge in [0.15, 0.2) is 0 Å². The molecule has 5 rings (SSSR count). The molecule has 10 nitrogen and oxygen atoms in total. The standard InChI is InChI=1S/C30H26N4O6S/c1-39-29(35)26-25(20-9-4-3-5-10-20)23(18-31)28(32)34(27(26)30(36)40-2)21-12-14-22(15-13-21)41(37,38)33-17-16-19-8-6-7-11-24(19)33/h3-15,25H,16-17,32H2,1-2H3. The number of allylic oxidation sites excluding steroid dienone is 1. The van der Waals surface area contributed by atoms with Crippen molar-refractivity contribution in [3.8, 4) is 6.07 Å². The first-order valence-electron chi connectivity index (χ1n) is 12.6. The van der Waals surface area contributed by atoms with Crippen molar-refractivity contribution >= 4 is 33.3 Å². The summed E-state index contributed by atoms with van der Waals surface area (Å²) in [7, 11) is -1.57. The second kappa shape index (κ2) is 10.8. The van der Waals surface area contributed by atoms with Crippen LogP contribution < -0.4 is 14.9 Å². The van der Waals surface area contributed by atoms with E-state index in [0.717, 1.165) is 12.7 Å². The van der Waals surface area contributed by atoms with Crippen LogP contribution >= 0.6 is 0 Å². The molecule has 3 aromatic carbocycles. The van der Waals surface area contributed by atoms with Crippen LogP contribution in [0.3, 0.4) is 0 Å². The molecule has 41 heavy (non-hydrogen) atoms. The molecule has 11 heteroatoms. The zero-order valence-corrected chi connectivity index (χ0v) is 23.1. The van der Waals surface area contributed by atoms with Gasteiger partial charge >= 0.3 is 11.9 Å². The van der Waals surface area contributed by atoms with Gasteiger partial charge in [-0.05, 0) is 47.9 Å². The van der Waals surface area contributed by atoms with Gasteiger partial charge in [-0.1, -0.05) is 48.5 Å². The van der Waals surface area contributed by atoms with Gasteiger partial charge in [-0.2, -0.15) is 5.26 Å². The molecule has 2 N–H and O–H groups in total. The average Bonchev–Trinajstić information content (AvgIpc) is 3.45. The van der Waals surface area contributed by atoms with Gasteiger partial charge in [-0.3, -0.25) is 9.21 Å². The summed E-state index contributed by atoms with van der Waals surface area (Å²) in [6.45, 7) is 0.315. The van der Waals surface area contributed by atoms with Crippen molar-refractivity contribution in [2.45, 2.75) is 17.2 Å². The first-order valence-corrected chi connectivity index (χ1v) is 14.0. The summed E-state index contributed by atoms with van der Waals surface area (Å²) >= 11 is 0. The average molecular weight is 571 g/mol. The van der Waals surface area contributed by atoms with E-state index in [1.54, 1.807) is 42.5 Å². The predicted octanol–water partition coefficient (Wildman–Crippen LogP) is 3.34. The zero-order valence-electron chi connectivity index (χ0n) is 22.3. The number of methoxy groups -OCH3 is 2. The van der Waals surface area contributed by atoms with Gasteiger partial charge < -0.3 is 15.2 Å². The molecule has 0 aliphatic carbocycles. The lowest BCUT2D eigenvalue weighted by Gasteiger charge is -2.36. The molecule has 2 heterocycles. The number of para-hydroxylation sites is 1. The molecule has 0 saturated carbocycles. The van der Waals surface area contributed by atoms with Gasteiger partial charge in [0.1, 0.15) is 11.5 Å². The number of hydrogen-bond donors (Lipinski definition) is 1. The van der Waals surface area contributed by atoms with Gasteiger partial charge in [0, 0.05) is 12.2 Å². The molecular formula is C30H26N4O6S. The monoisotopic (exact) mass is 570 g/mol. The van der Waals surface area contributed by atoms with E-state index in [1.165, 1.54) is 40.6 Å². The van der Waals surface area contributed by atoms with Gasteiger partial charge in [0.05, 0.1) is 47.9 Å². The van der Waals surface area contributed by atoms with Crippen LogP contribution in [0.4, 0.5) is 11.4 Å². The number of benzene rings is 3. The summed E-state index contributed by atoms with van der Waals surface area (Å²) in [5.41, 5.74) is 8.50. The highest BCUT2D eigenvalue weighted by atomic mass is 32.2. The van der Waals surface area contributed by atoms with Crippen LogP contribution in [0, 0.1) is 11.3 Å². The lowest BCUT2D eigenvalue weighted by Crippen LogP contribution is -2.40. The lowest BCUT2D eigenvalue weighted by molar-refractivity contribution is -0.139. The SMILES string of the molecule is COC(=O)C1=C(C(=O)OC)N(c2ccc(S(=O)(=O)N3CCc4ccccc43)cc2)C(N)=C(C#N)C1c1ccccc1. The fourth-order valence-electron chi connectivity index (χ4n) is 5.23. The maximum Gasteiger partial charge on any atom is 0.355 e. The quantitative estimate of drug-likeness (QED) is 0.441. The molecule has 0 aromatic heterocycles. The number of ether oxygens (including phenoxy) is 2. The molecule has 1 unspecified atom stereocenters. The Hall–Kier alpha value is -5.08. The Morgan fingerprint density at radius 2 is 1.56 bits per heavy atom. The number of nitriles is 1. The van der Waals surface area contributed by atoms with Crippen LogP contribution in [0.15, 0.2) is 106 Å². The third-order valence-electron chi connectivity index (χ3n) is 7.14. The maximum absolute atomic E-state index is 13.5. The first kappa shape index (κ1) is 27.5. The third kappa shape index (κ3) is 4.58. The second-order valence-corrected chi connectivity index (χ2v) is 11.1. The Balaban J connectivity index is 1.64. The number of sulfonamides is 1. The molecule has 0 fully saturated rings. The van der Waals surface area contributed by atoms with Crippen LogP contribution in [0.5, 0.6) is 0 Å². The smallest absolute Gasteiger partial charge is 0.355 e. The van der Waals surface area contributed by atoms with Crippen LogP contribution in [-0.4, -0.2) is 41.1 Å². The van der Waals surface area contributed by atoms with E-state index in [1.807, 2.05) is 12.1 Å². The van der Waals surface area contributed by atoms with Crippen LogP contribution in [0.25, 0.3) is 0 Å². The number of carbonyl (C=O) groups excluding carboxylic acids is 2. The highest BCUT2D eigenvalue weighted by Gasteiger charge is 2.43. The molecule has 1 atom stereocenters. The van der Waals surface area contributed by atoms with Crippen molar-refractivity contribution in [2.24, 2.45) is 5.73 Å². The summed E-state index contributed by atoms with van der Waals surface area (Å²) in [6, 6.07) is 23.8. The Kier molecular flexibility index (Phi) is 7.26. The van der Waals surface area contributed by atoms with E-state index >= 15 is 0 Å². The Morgan fingerprint density at radius 3 is 2.20 bits per heavy atom. The second-order valence-electron chi connectivity index (χ2n) is 9.29. The predicted molar refractivity (Wildman–Crippen MR) is 151 cm³/mol. The van der Waals surface area contributed by atoms with Crippen molar-refractivity contribution in [3.63, 3.8) is 0 Å². The molecular weight excluding hydrogens is 544 g/mol. The Morgan fingerprint density at radius 1 is 0.927 bits per heavy atom. The lowest BCUT2D eigenvalue weighted by atomic mass is 9.81. The van der Waals surface area contributed by atoms with E-state index in [4.69, 9.17) is 15.2 Å². The third-order valence-corrected chi connectivity index (χ3v) is 8.97. The number of fused-ring (bicyclic) bond motifs is 1. The summed E-state index contributed by atoms with van der Waals surface area (Å²) in [4.78, 5) is 27.7. The van der Waals surface area contributed by atoms with Crippen LogP contribution in [0.2, 0.25) is 0 Å². The number of esters is 2. The Labute approximate surface area is 237 Å². The molecule has 0 bridgehead atoms. The van der Waals surface area contributed by atoms with E-state index in [2.05, 4.69) is 6.07 Å². The molecule has 3 aromatic rings. The van der Waals surface area contributed by atoms with E-state index in [0.29, 0.717) is 24.2 Å². The first-order chi connectivity index (χ1) is 19.7. The molecule has 0 amide bonds. The largest absolute Gasteiger partial charge is 0.466 e. The molecule has 0 saturated heterocycles. The number of anilines is 2. The van der Waals surface area contributed by atoms with Gasteiger partial charge in [0.25, 0.3) is 10.0 Å². The van der Waals surface area contributed by atoms with E-state index in [-0.39, 0.29) is 33.2 Å².